The third-order valence-corrected chi connectivity index (χ3v) is 2.93. The summed E-state index contributed by atoms with van der Waals surface area (Å²) in [5, 5.41) is 9.99. The topological polar surface area (TPSA) is 29.5 Å². The highest BCUT2D eigenvalue weighted by Crippen LogP contribution is 2.26. The van der Waals surface area contributed by atoms with Gasteiger partial charge in [-0.1, -0.05) is 13.8 Å². The fourth-order valence-corrected chi connectivity index (χ4v) is 1.74. The van der Waals surface area contributed by atoms with Crippen molar-refractivity contribution in [3.8, 4) is 11.8 Å². The van der Waals surface area contributed by atoms with E-state index >= 15 is 0 Å². The Morgan fingerprint density at radius 2 is 1.93 bits per heavy atom. The molecule has 0 saturated carbocycles. The first-order chi connectivity index (χ1) is 6.66. The molecule has 0 rings (SSSR count). The van der Waals surface area contributed by atoms with Gasteiger partial charge in [0.25, 0.3) is 0 Å². The van der Waals surface area contributed by atoms with Gasteiger partial charge in [0.05, 0.1) is 11.7 Å². The molecule has 82 valence electrons. The lowest BCUT2D eigenvalue weighted by Gasteiger charge is -2.35. The van der Waals surface area contributed by atoms with Gasteiger partial charge in [-0.25, -0.2) is 0 Å². The van der Waals surface area contributed by atoms with E-state index in [1.165, 1.54) is 0 Å². The predicted molar refractivity (Wildman–Crippen MR) is 59.0 cm³/mol. The Morgan fingerprint density at radius 3 is 2.29 bits per heavy atom. The van der Waals surface area contributed by atoms with E-state index in [0.717, 1.165) is 19.3 Å². The van der Waals surface area contributed by atoms with Crippen LogP contribution in [0.15, 0.2) is 0 Å². The van der Waals surface area contributed by atoms with Crippen molar-refractivity contribution in [1.82, 2.24) is 0 Å². The number of hydrogen-bond acceptors (Lipinski definition) is 2. The lowest BCUT2D eigenvalue weighted by molar-refractivity contribution is -0.109. The second-order valence-corrected chi connectivity index (χ2v) is 3.46. The molecule has 0 bridgehead atoms. The van der Waals surface area contributed by atoms with E-state index in [-0.39, 0.29) is 5.60 Å². The molecule has 0 fully saturated rings. The predicted octanol–water partition coefficient (Wildman–Crippen LogP) is 2.36. The molecule has 14 heavy (non-hydrogen) atoms. The normalized spacial score (nSPS) is 13.2. The van der Waals surface area contributed by atoms with Crippen LogP contribution in [0.25, 0.3) is 0 Å². The minimum absolute atomic E-state index is 0.380. The third kappa shape index (κ3) is 3.32. The van der Waals surface area contributed by atoms with Crippen molar-refractivity contribution in [2.45, 2.75) is 58.2 Å². The van der Waals surface area contributed by atoms with Crippen LogP contribution in [0.4, 0.5) is 0 Å². The summed E-state index contributed by atoms with van der Waals surface area (Å²) >= 11 is 0. The molecule has 0 radical (unpaired) electrons. The van der Waals surface area contributed by atoms with Gasteiger partial charge in [-0.3, -0.25) is 0 Å². The van der Waals surface area contributed by atoms with Gasteiger partial charge >= 0.3 is 0 Å². The Bertz CT molecular complexity index is 188. The van der Waals surface area contributed by atoms with Crippen molar-refractivity contribution < 1.29 is 9.84 Å². The summed E-state index contributed by atoms with van der Waals surface area (Å²) in [6, 6.07) is 0. The maximum Gasteiger partial charge on any atom is 0.0931 e. The van der Waals surface area contributed by atoms with Crippen LogP contribution < -0.4 is 0 Å². The molecule has 1 N–H and O–H groups in total. The Labute approximate surface area is 87.7 Å². The van der Waals surface area contributed by atoms with Gasteiger partial charge in [0, 0.05) is 13.5 Å². The molecule has 0 aromatic rings. The van der Waals surface area contributed by atoms with Crippen molar-refractivity contribution in [1.29, 1.82) is 0 Å². The van der Waals surface area contributed by atoms with Crippen molar-refractivity contribution in [2.24, 2.45) is 0 Å². The van der Waals surface area contributed by atoms with Crippen molar-refractivity contribution in [3.05, 3.63) is 0 Å². The highest BCUT2D eigenvalue weighted by Gasteiger charge is 2.33. The molecule has 0 aromatic carbocycles. The molecule has 0 aromatic heterocycles. The van der Waals surface area contributed by atoms with Crippen LogP contribution >= 0.6 is 0 Å². The molecular formula is C12H22O2. The Balaban J connectivity index is 4.25. The maximum absolute atomic E-state index is 9.99. The SMILES string of the molecule is CC#CCCC(O)C(CC)(CC)OC. The van der Waals surface area contributed by atoms with E-state index in [1.807, 2.05) is 20.8 Å². The van der Waals surface area contributed by atoms with Gasteiger partial charge in [0.15, 0.2) is 0 Å². The van der Waals surface area contributed by atoms with Crippen LogP contribution in [-0.4, -0.2) is 23.9 Å². The lowest BCUT2D eigenvalue weighted by Crippen LogP contribution is -2.43. The summed E-state index contributed by atoms with van der Waals surface area (Å²) in [6.45, 7) is 5.90. The highest BCUT2D eigenvalue weighted by atomic mass is 16.5. The zero-order chi connectivity index (χ0) is 11.0. The number of rotatable bonds is 6. The number of methoxy groups -OCH3 is 1. The Hall–Kier alpha value is -0.520. The molecule has 1 unspecified atom stereocenters. The van der Waals surface area contributed by atoms with Crippen LogP contribution in [0, 0.1) is 11.8 Å². The van der Waals surface area contributed by atoms with Crippen LogP contribution in [0.3, 0.4) is 0 Å². The molecule has 0 aliphatic carbocycles. The van der Waals surface area contributed by atoms with Gasteiger partial charge in [-0.05, 0) is 26.2 Å². The summed E-state index contributed by atoms with van der Waals surface area (Å²) in [5.41, 5.74) is -0.380. The first-order valence-electron chi connectivity index (χ1n) is 5.29. The molecule has 2 heteroatoms. The number of aliphatic hydroxyl groups is 1. The maximum atomic E-state index is 9.99. The minimum Gasteiger partial charge on any atom is -0.390 e. The zero-order valence-electron chi connectivity index (χ0n) is 9.76. The molecule has 0 saturated heterocycles. The van der Waals surface area contributed by atoms with E-state index in [0.29, 0.717) is 6.42 Å². The summed E-state index contributed by atoms with van der Waals surface area (Å²) in [6.07, 6.45) is 2.68. The second kappa shape index (κ2) is 6.86. The summed E-state index contributed by atoms with van der Waals surface area (Å²) in [7, 11) is 1.67. The van der Waals surface area contributed by atoms with E-state index in [1.54, 1.807) is 7.11 Å². The lowest BCUT2D eigenvalue weighted by atomic mass is 9.88. The smallest absolute Gasteiger partial charge is 0.0931 e. The van der Waals surface area contributed by atoms with E-state index < -0.39 is 6.10 Å². The molecular weight excluding hydrogens is 176 g/mol. The number of ether oxygens (including phenoxy) is 1. The molecule has 0 spiro atoms. The van der Waals surface area contributed by atoms with Crippen LogP contribution in [0.2, 0.25) is 0 Å². The number of aliphatic hydroxyl groups excluding tert-OH is 1. The fourth-order valence-electron chi connectivity index (χ4n) is 1.74. The van der Waals surface area contributed by atoms with Crippen molar-refractivity contribution in [2.75, 3.05) is 7.11 Å². The van der Waals surface area contributed by atoms with Crippen LogP contribution in [0.5, 0.6) is 0 Å². The fraction of sp³-hybridized carbons (Fsp3) is 0.833. The van der Waals surface area contributed by atoms with Crippen molar-refractivity contribution >= 4 is 0 Å². The monoisotopic (exact) mass is 198 g/mol. The van der Waals surface area contributed by atoms with Gasteiger partial charge in [-0.2, -0.15) is 0 Å². The van der Waals surface area contributed by atoms with Crippen LogP contribution in [0.1, 0.15) is 46.5 Å². The molecule has 0 aliphatic rings. The quantitative estimate of drug-likeness (QED) is 0.664. The summed E-state index contributed by atoms with van der Waals surface area (Å²) in [5.74, 6) is 5.78. The average molecular weight is 198 g/mol. The molecule has 2 nitrogen and oxygen atoms in total. The van der Waals surface area contributed by atoms with Crippen LogP contribution in [-0.2, 0) is 4.74 Å². The standard InChI is InChI=1S/C12H22O2/c1-5-8-9-10-11(13)12(6-2,7-3)14-4/h11,13H,6-7,9-10H2,1-4H3. The molecule has 0 heterocycles. The summed E-state index contributed by atoms with van der Waals surface area (Å²) in [4.78, 5) is 0. The van der Waals surface area contributed by atoms with E-state index in [4.69, 9.17) is 4.74 Å². The van der Waals surface area contributed by atoms with E-state index in [2.05, 4.69) is 11.8 Å². The minimum atomic E-state index is -0.414. The van der Waals surface area contributed by atoms with Gasteiger partial charge in [0.1, 0.15) is 0 Å². The van der Waals surface area contributed by atoms with Gasteiger partial charge in [0.2, 0.25) is 0 Å². The first-order valence-corrected chi connectivity index (χ1v) is 5.29. The Morgan fingerprint density at radius 1 is 1.36 bits per heavy atom. The zero-order valence-corrected chi connectivity index (χ0v) is 9.76. The highest BCUT2D eigenvalue weighted by molar-refractivity contribution is 4.97. The average Bonchev–Trinajstić information content (AvgIpc) is 2.22. The molecule has 0 amide bonds. The third-order valence-electron chi connectivity index (χ3n) is 2.93. The Kier molecular flexibility index (Phi) is 6.61. The summed E-state index contributed by atoms with van der Waals surface area (Å²) < 4.78 is 5.43. The molecule has 1 atom stereocenters. The van der Waals surface area contributed by atoms with Gasteiger partial charge in [-0.15, -0.1) is 11.8 Å². The van der Waals surface area contributed by atoms with E-state index in [9.17, 15) is 5.11 Å². The second-order valence-electron chi connectivity index (χ2n) is 3.46. The van der Waals surface area contributed by atoms with Crippen molar-refractivity contribution in [3.63, 3.8) is 0 Å². The number of hydrogen-bond donors (Lipinski definition) is 1. The first kappa shape index (κ1) is 13.5. The largest absolute Gasteiger partial charge is 0.390 e. The van der Waals surface area contributed by atoms with Gasteiger partial charge < -0.3 is 9.84 Å². The molecule has 0 aliphatic heterocycles.